The number of urea groups is 1. The molecular weight excluding hydrogens is 461 g/mol. The number of carbonyl (C=O) groups is 2. The number of aromatic nitrogens is 2. The van der Waals surface area contributed by atoms with Crippen molar-refractivity contribution in [1.29, 1.82) is 0 Å². The Kier molecular flexibility index (Phi) is 8.68. The Morgan fingerprint density at radius 2 is 1.78 bits per heavy atom. The van der Waals surface area contributed by atoms with Crippen LogP contribution in [0.3, 0.4) is 0 Å². The number of anilines is 2. The number of nitrogens with one attached hydrogen (secondary N) is 2. The molecule has 0 aliphatic heterocycles. The summed E-state index contributed by atoms with van der Waals surface area (Å²) >= 11 is 0. The number of amides is 3. The Morgan fingerprint density at radius 3 is 2.39 bits per heavy atom. The number of rotatable bonds is 9. The first-order chi connectivity index (χ1) is 17.1. The Hall–Kier alpha value is -3.88. The molecule has 1 heterocycles. The van der Waals surface area contributed by atoms with E-state index in [9.17, 15) is 14.0 Å². The molecule has 8 nitrogen and oxygen atoms in total. The number of hydrogen-bond donors (Lipinski definition) is 2. The molecular formula is C27H34FN5O3. The zero-order chi connectivity index (χ0) is 26.3. The number of carbonyl (C=O) groups excluding carboxylic acids is 2. The largest absolute Gasteiger partial charge is 0.497 e. The summed E-state index contributed by atoms with van der Waals surface area (Å²) in [6, 6.07) is 14.6. The predicted molar refractivity (Wildman–Crippen MR) is 139 cm³/mol. The van der Waals surface area contributed by atoms with E-state index in [1.165, 1.54) is 17.0 Å². The van der Waals surface area contributed by atoms with E-state index in [4.69, 9.17) is 9.84 Å². The van der Waals surface area contributed by atoms with Crippen LogP contribution in [0.4, 0.5) is 20.7 Å². The monoisotopic (exact) mass is 495 g/mol. The molecule has 3 aromatic rings. The third-order valence-electron chi connectivity index (χ3n) is 5.58. The molecule has 0 fully saturated rings. The highest BCUT2D eigenvalue weighted by Gasteiger charge is 2.23. The summed E-state index contributed by atoms with van der Waals surface area (Å²) in [7, 11) is 1.60. The van der Waals surface area contributed by atoms with Gasteiger partial charge in [0.05, 0.1) is 24.2 Å². The molecule has 3 amide bonds. The van der Waals surface area contributed by atoms with Gasteiger partial charge in [0.1, 0.15) is 23.9 Å². The molecule has 36 heavy (non-hydrogen) atoms. The number of para-hydroxylation sites is 1. The minimum absolute atomic E-state index is 0.0665. The van der Waals surface area contributed by atoms with Crippen LogP contribution in [0, 0.1) is 5.82 Å². The van der Waals surface area contributed by atoms with Gasteiger partial charge in [0.2, 0.25) is 5.91 Å². The second-order valence-electron chi connectivity index (χ2n) is 9.51. The van der Waals surface area contributed by atoms with Gasteiger partial charge in [-0.1, -0.05) is 46.2 Å². The van der Waals surface area contributed by atoms with Crippen LogP contribution in [-0.2, 0) is 10.2 Å². The van der Waals surface area contributed by atoms with Crippen LogP contribution in [0.5, 0.6) is 5.75 Å². The minimum Gasteiger partial charge on any atom is -0.497 e. The second-order valence-corrected chi connectivity index (χ2v) is 9.51. The highest BCUT2D eigenvalue weighted by molar-refractivity contribution is 5.96. The van der Waals surface area contributed by atoms with E-state index in [0.717, 1.165) is 17.8 Å². The lowest BCUT2D eigenvalue weighted by molar-refractivity contribution is -0.116. The molecule has 9 heteroatoms. The van der Waals surface area contributed by atoms with Gasteiger partial charge >= 0.3 is 6.03 Å². The molecule has 3 rings (SSSR count). The molecule has 0 aliphatic carbocycles. The van der Waals surface area contributed by atoms with Crippen molar-refractivity contribution in [2.45, 2.75) is 46.0 Å². The van der Waals surface area contributed by atoms with Gasteiger partial charge in [-0.2, -0.15) is 5.10 Å². The molecule has 0 unspecified atom stereocenters. The summed E-state index contributed by atoms with van der Waals surface area (Å²) in [6.45, 7) is 8.28. The summed E-state index contributed by atoms with van der Waals surface area (Å²) in [5.74, 6) is 0.272. The van der Waals surface area contributed by atoms with E-state index in [1.807, 2.05) is 58.0 Å². The number of ether oxygens (including phenoxy) is 1. The summed E-state index contributed by atoms with van der Waals surface area (Å²) in [4.78, 5) is 27.3. The standard InChI is InChI=1S/C27H34FN5O3/c1-6-7-16-32(26(35)29-22-11-9-8-10-21(22)28)18-25(34)30-24-17-23(27(2,3)4)31-33(24)19-12-14-20(36-5)15-13-19/h8-15,17H,6-7,16,18H2,1-5H3,(H,29,35)(H,30,34). The highest BCUT2D eigenvalue weighted by atomic mass is 19.1. The fraction of sp³-hybridized carbons (Fsp3) is 0.370. The summed E-state index contributed by atoms with van der Waals surface area (Å²) in [5, 5.41) is 10.2. The van der Waals surface area contributed by atoms with Crippen LogP contribution in [0.2, 0.25) is 0 Å². The SMILES string of the molecule is CCCCN(CC(=O)Nc1cc(C(C)(C)C)nn1-c1ccc(OC)cc1)C(=O)Nc1ccccc1F. The molecule has 2 N–H and O–H groups in total. The van der Waals surface area contributed by atoms with E-state index in [2.05, 4.69) is 10.6 Å². The lowest BCUT2D eigenvalue weighted by Crippen LogP contribution is -2.41. The summed E-state index contributed by atoms with van der Waals surface area (Å²) < 4.78 is 20.9. The molecule has 0 saturated heterocycles. The maximum absolute atomic E-state index is 14.0. The lowest BCUT2D eigenvalue weighted by atomic mass is 9.92. The Balaban J connectivity index is 1.81. The fourth-order valence-electron chi connectivity index (χ4n) is 3.47. The van der Waals surface area contributed by atoms with Crippen LogP contribution in [-0.4, -0.2) is 46.8 Å². The zero-order valence-electron chi connectivity index (χ0n) is 21.5. The third kappa shape index (κ3) is 6.84. The van der Waals surface area contributed by atoms with E-state index >= 15 is 0 Å². The smallest absolute Gasteiger partial charge is 0.322 e. The van der Waals surface area contributed by atoms with E-state index in [0.29, 0.717) is 24.5 Å². The fourth-order valence-corrected chi connectivity index (χ4v) is 3.47. The van der Waals surface area contributed by atoms with Gasteiger partial charge in [0.15, 0.2) is 0 Å². The molecule has 0 spiro atoms. The molecule has 0 radical (unpaired) electrons. The molecule has 192 valence electrons. The predicted octanol–water partition coefficient (Wildman–Crippen LogP) is 5.59. The van der Waals surface area contributed by atoms with Crippen molar-refractivity contribution in [3.8, 4) is 11.4 Å². The van der Waals surface area contributed by atoms with Gasteiger partial charge in [0, 0.05) is 18.0 Å². The van der Waals surface area contributed by atoms with Crippen molar-refractivity contribution < 1.29 is 18.7 Å². The van der Waals surface area contributed by atoms with Crippen LogP contribution in [0.25, 0.3) is 5.69 Å². The van der Waals surface area contributed by atoms with E-state index in [1.54, 1.807) is 23.9 Å². The highest BCUT2D eigenvalue weighted by Crippen LogP contribution is 2.27. The topological polar surface area (TPSA) is 88.5 Å². The van der Waals surface area contributed by atoms with Crippen molar-refractivity contribution in [1.82, 2.24) is 14.7 Å². The quantitative estimate of drug-likeness (QED) is 0.405. The van der Waals surface area contributed by atoms with Crippen LogP contribution < -0.4 is 15.4 Å². The van der Waals surface area contributed by atoms with E-state index < -0.39 is 11.8 Å². The second kappa shape index (κ2) is 11.7. The number of nitrogens with zero attached hydrogens (tertiary/aromatic N) is 3. The maximum Gasteiger partial charge on any atom is 0.322 e. The number of halogens is 1. The van der Waals surface area contributed by atoms with Gasteiger partial charge in [0.25, 0.3) is 0 Å². The average Bonchev–Trinajstić information content (AvgIpc) is 3.27. The zero-order valence-corrected chi connectivity index (χ0v) is 21.5. The molecule has 2 aromatic carbocycles. The summed E-state index contributed by atoms with van der Waals surface area (Å²) in [5.41, 5.74) is 1.37. The van der Waals surface area contributed by atoms with Gasteiger partial charge in [-0.15, -0.1) is 0 Å². The van der Waals surface area contributed by atoms with Crippen molar-refractivity contribution in [3.63, 3.8) is 0 Å². The number of unbranched alkanes of at least 4 members (excludes halogenated alkanes) is 1. The van der Waals surface area contributed by atoms with E-state index in [-0.39, 0.29) is 23.6 Å². The number of methoxy groups -OCH3 is 1. The first kappa shape index (κ1) is 26.7. The van der Waals surface area contributed by atoms with Crippen molar-refractivity contribution >= 4 is 23.4 Å². The minimum atomic E-state index is -0.539. The molecule has 0 aliphatic rings. The van der Waals surface area contributed by atoms with Crippen molar-refractivity contribution in [2.75, 3.05) is 30.8 Å². The van der Waals surface area contributed by atoms with Gasteiger partial charge in [-0.05, 0) is 42.8 Å². The van der Waals surface area contributed by atoms with Crippen LogP contribution in [0.1, 0.15) is 46.2 Å². The van der Waals surface area contributed by atoms with Gasteiger partial charge in [-0.25, -0.2) is 13.9 Å². The van der Waals surface area contributed by atoms with Crippen molar-refractivity contribution in [3.05, 3.63) is 66.1 Å². The Labute approximate surface area is 211 Å². The molecule has 1 aromatic heterocycles. The van der Waals surface area contributed by atoms with Crippen LogP contribution in [0.15, 0.2) is 54.6 Å². The third-order valence-corrected chi connectivity index (χ3v) is 5.58. The molecule has 0 atom stereocenters. The first-order valence-corrected chi connectivity index (χ1v) is 12.0. The molecule has 0 saturated carbocycles. The normalized spacial score (nSPS) is 11.2. The molecule has 0 bridgehead atoms. The average molecular weight is 496 g/mol. The van der Waals surface area contributed by atoms with Gasteiger partial charge < -0.3 is 20.3 Å². The first-order valence-electron chi connectivity index (χ1n) is 12.0. The Bertz CT molecular complexity index is 1180. The number of hydrogen-bond acceptors (Lipinski definition) is 4. The van der Waals surface area contributed by atoms with Crippen molar-refractivity contribution in [2.24, 2.45) is 0 Å². The van der Waals surface area contributed by atoms with Crippen LogP contribution >= 0.6 is 0 Å². The number of benzene rings is 2. The lowest BCUT2D eigenvalue weighted by Gasteiger charge is -2.22. The Morgan fingerprint density at radius 1 is 1.08 bits per heavy atom. The maximum atomic E-state index is 14.0. The summed E-state index contributed by atoms with van der Waals surface area (Å²) in [6.07, 6.45) is 1.54. The van der Waals surface area contributed by atoms with Gasteiger partial charge in [-0.3, -0.25) is 4.79 Å².